The Bertz CT molecular complexity index is 556. The maximum atomic E-state index is 13.6. The molecule has 17 heavy (non-hydrogen) atoms. The van der Waals surface area contributed by atoms with Gasteiger partial charge < -0.3 is 9.88 Å². The van der Waals surface area contributed by atoms with Gasteiger partial charge in [0.1, 0.15) is 16.9 Å². The lowest BCUT2D eigenvalue weighted by Crippen LogP contribution is -2.18. The molecule has 0 aliphatic rings. The molecular weight excluding hydrogens is 238 g/mol. The van der Waals surface area contributed by atoms with Gasteiger partial charge in [-0.3, -0.25) is 0 Å². The Morgan fingerprint density at radius 1 is 1.29 bits per heavy atom. The van der Waals surface area contributed by atoms with Crippen LogP contribution in [0.25, 0.3) is 11.0 Å². The Labute approximate surface area is 94.1 Å². The van der Waals surface area contributed by atoms with Gasteiger partial charge in [0.2, 0.25) is 0 Å². The summed E-state index contributed by atoms with van der Waals surface area (Å²) in [5.74, 6) is -0.931. The van der Waals surface area contributed by atoms with Crippen molar-refractivity contribution in [2.45, 2.75) is 6.18 Å². The topological polar surface area (TPSA) is 31.9 Å². The Morgan fingerprint density at radius 3 is 2.47 bits per heavy atom. The molecule has 0 bridgehead atoms. The molecular formula is C10H9F4N3. The molecule has 0 atom stereocenters. The second-order valence-corrected chi connectivity index (χ2v) is 3.77. The summed E-state index contributed by atoms with van der Waals surface area (Å²) in [6.07, 6.45) is -3.55. The molecule has 1 N–H and O–H groups in total. The number of imidazole rings is 1. The highest BCUT2D eigenvalue weighted by atomic mass is 19.4. The maximum absolute atomic E-state index is 13.6. The van der Waals surface area contributed by atoms with Crippen molar-refractivity contribution in [1.29, 1.82) is 0 Å². The molecule has 1 heterocycles. The number of hydrogen-bond donors (Lipinski definition) is 1. The van der Waals surface area contributed by atoms with Gasteiger partial charge in [-0.15, -0.1) is 0 Å². The summed E-state index contributed by atoms with van der Waals surface area (Å²) < 4.78 is 52.5. The minimum atomic E-state index is -4.66. The summed E-state index contributed by atoms with van der Waals surface area (Å²) in [4.78, 5) is 7.16. The molecule has 0 aliphatic carbocycles. The van der Waals surface area contributed by atoms with Gasteiger partial charge in [0.25, 0.3) is 0 Å². The summed E-state index contributed by atoms with van der Waals surface area (Å²) in [5.41, 5.74) is -1.81. The van der Waals surface area contributed by atoms with Crippen molar-refractivity contribution in [3.05, 3.63) is 23.8 Å². The van der Waals surface area contributed by atoms with Crippen molar-refractivity contribution in [2.75, 3.05) is 19.0 Å². The Kier molecular flexibility index (Phi) is 2.48. The molecule has 0 radical (unpaired) electrons. The second kappa shape index (κ2) is 3.61. The molecule has 0 saturated carbocycles. The van der Waals surface area contributed by atoms with E-state index in [1.165, 1.54) is 14.1 Å². The highest BCUT2D eigenvalue weighted by Crippen LogP contribution is 2.41. The van der Waals surface area contributed by atoms with E-state index in [1.807, 2.05) is 0 Å². The zero-order chi connectivity index (χ0) is 12.8. The van der Waals surface area contributed by atoms with Crippen LogP contribution in [0.2, 0.25) is 0 Å². The minimum Gasteiger partial charge on any atom is -0.375 e. The number of halogens is 4. The zero-order valence-electron chi connectivity index (χ0n) is 9.06. The predicted molar refractivity (Wildman–Crippen MR) is 55.4 cm³/mol. The first kappa shape index (κ1) is 11.7. The second-order valence-electron chi connectivity index (χ2n) is 3.77. The van der Waals surface area contributed by atoms with E-state index in [1.54, 1.807) is 0 Å². The number of benzene rings is 1. The van der Waals surface area contributed by atoms with Crippen LogP contribution in [-0.2, 0) is 6.18 Å². The molecule has 2 rings (SSSR count). The first-order chi connectivity index (χ1) is 7.82. The first-order valence-electron chi connectivity index (χ1n) is 4.72. The van der Waals surface area contributed by atoms with Crippen LogP contribution < -0.4 is 4.90 Å². The molecule has 0 amide bonds. The number of aromatic nitrogens is 2. The number of H-pyrrole nitrogens is 1. The molecule has 0 spiro atoms. The number of anilines is 1. The van der Waals surface area contributed by atoms with Crippen LogP contribution in [0.3, 0.4) is 0 Å². The standard InChI is InChI=1S/C10H9F4N3/c1-17(2)9-5(11)3-6-8(16-4-15-6)7(9)10(12,13)14/h3-4H,1-2H3,(H,15,16). The zero-order valence-corrected chi connectivity index (χ0v) is 9.06. The molecule has 0 unspecified atom stereocenters. The first-order valence-corrected chi connectivity index (χ1v) is 4.72. The molecule has 1 aromatic heterocycles. The van der Waals surface area contributed by atoms with Crippen LogP contribution in [0, 0.1) is 5.82 Å². The number of fused-ring (bicyclic) bond motifs is 1. The lowest BCUT2D eigenvalue weighted by atomic mass is 10.1. The maximum Gasteiger partial charge on any atom is 0.420 e. The molecule has 2 aromatic rings. The highest BCUT2D eigenvalue weighted by molar-refractivity contribution is 5.85. The fourth-order valence-corrected chi connectivity index (χ4v) is 1.75. The van der Waals surface area contributed by atoms with Crippen LogP contribution >= 0.6 is 0 Å². The Morgan fingerprint density at radius 2 is 1.94 bits per heavy atom. The van der Waals surface area contributed by atoms with Gasteiger partial charge in [-0.1, -0.05) is 0 Å². The minimum absolute atomic E-state index is 0.0282. The quantitative estimate of drug-likeness (QED) is 0.786. The molecule has 7 heteroatoms. The fourth-order valence-electron chi connectivity index (χ4n) is 1.75. The van der Waals surface area contributed by atoms with Crippen molar-refractivity contribution in [1.82, 2.24) is 9.97 Å². The summed E-state index contributed by atoms with van der Waals surface area (Å²) in [5, 5.41) is 0. The third-order valence-corrected chi connectivity index (χ3v) is 2.37. The smallest absolute Gasteiger partial charge is 0.375 e. The van der Waals surface area contributed by atoms with Gasteiger partial charge in [-0.05, 0) is 0 Å². The van der Waals surface area contributed by atoms with Crippen LogP contribution in [0.4, 0.5) is 23.2 Å². The van der Waals surface area contributed by atoms with Crippen molar-refractivity contribution in [3.8, 4) is 0 Å². The number of aromatic amines is 1. The average molecular weight is 247 g/mol. The Balaban J connectivity index is 2.91. The fraction of sp³-hybridized carbons (Fsp3) is 0.300. The SMILES string of the molecule is CN(C)c1c(F)cc2[nH]cnc2c1C(F)(F)F. The number of nitrogens with one attached hydrogen (secondary N) is 1. The van der Waals surface area contributed by atoms with Gasteiger partial charge >= 0.3 is 6.18 Å². The molecule has 1 aromatic carbocycles. The van der Waals surface area contributed by atoms with Gasteiger partial charge in [0, 0.05) is 20.2 Å². The Hall–Kier alpha value is -1.79. The lowest BCUT2D eigenvalue weighted by molar-refractivity contribution is -0.136. The number of rotatable bonds is 1. The van der Waals surface area contributed by atoms with E-state index >= 15 is 0 Å². The number of hydrogen-bond acceptors (Lipinski definition) is 2. The van der Waals surface area contributed by atoms with E-state index < -0.39 is 23.2 Å². The largest absolute Gasteiger partial charge is 0.420 e. The van der Waals surface area contributed by atoms with Crippen LogP contribution in [0.5, 0.6) is 0 Å². The van der Waals surface area contributed by atoms with E-state index in [0.717, 1.165) is 17.3 Å². The molecule has 0 saturated heterocycles. The van der Waals surface area contributed by atoms with Crippen LogP contribution in [0.1, 0.15) is 5.56 Å². The average Bonchev–Trinajstić information content (AvgIpc) is 2.60. The summed E-state index contributed by atoms with van der Waals surface area (Å²) >= 11 is 0. The summed E-state index contributed by atoms with van der Waals surface area (Å²) in [6, 6.07) is 1.01. The molecule has 92 valence electrons. The van der Waals surface area contributed by atoms with Crippen molar-refractivity contribution in [2.24, 2.45) is 0 Å². The van der Waals surface area contributed by atoms with Crippen molar-refractivity contribution >= 4 is 16.7 Å². The van der Waals surface area contributed by atoms with Crippen LogP contribution in [0.15, 0.2) is 12.4 Å². The van der Waals surface area contributed by atoms with Gasteiger partial charge in [0.05, 0.1) is 17.5 Å². The van der Waals surface area contributed by atoms with Crippen molar-refractivity contribution < 1.29 is 17.6 Å². The lowest BCUT2D eigenvalue weighted by Gasteiger charge is -2.20. The monoisotopic (exact) mass is 247 g/mol. The van der Waals surface area contributed by atoms with Gasteiger partial charge in [-0.25, -0.2) is 9.37 Å². The van der Waals surface area contributed by atoms with Gasteiger partial charge in [0.15, 0.2) is 0 Å². The normalized spacial score (nSPS) is 12.1. The van der Waals surface area contributed by atoms with E-state index in [-0.39, 0.29) is 11.0 Å². The van der Waals surface area contributed by atoms with E-state index in [9.17, 15) is 17.6 Å². The number of nitrogens with zero attached hydrogens (tertiary/aromatic N) is 2. The summed E-state index contributed by atoms with van der Waals surface area (Å²) in [6.45, 7) is 0. The highest BCUT2D eigenvalue weighted by Gasteiger charge is 2.38. The van der Waals surface area contributed by atoms with E-state index in [0.29, 0.717) is 0 Å². The van der Waals surface area contributed by atoms with E-state index in [2.05, 4.69) is 9.97 Å². The van der Waals surface area contributed by atoms with Crippen LogP contribution in [-0.4, -0.2) is 24.1 Å². The van der Waals surface area contributed by atoms with E-state index in [4.69, 9.17) is 0 Å². The molecule has 0 aliphatic heterocycles. The van der Waals surface area contributed by atoms with Crippen molar-refractivity contribution in [3.63, 3.8) is 0 Å². The third kappa shape index (κ3) is 1.81. The molecule has 3 nitrogen and oxygen atoms in total. The summed E-state index contributed by atoms with van der Waals surface area (Å²) in [7, 11) is 2.71. The molecule has 0 fully saturated rings. The van der Waals surface area contributed by atoms with Gasteiger partial charge in [-0.2, -0.15) is 13.2 Å². The predicted octanol–water partition coefficient (Wildman–Crippen LogP) is 2.79. The third-order valence-electron chi connectivity index (χ3n) is 2.37. The number of alkyl halides is 3.